The summed E-state index contributed by atoms with van der Waals surface area (Å²) >= 11 is 1.96. The molecule has 3 nitrogen and oxygen atoms in total. The van der Waals surface area contributed by atoms with E-state index in [9.17, 15) is 5.11 Å². The molecule has 0 aliphatic carbocycles. The molecule has 2 aliphatic heterocycles. The lowest BCUT2D eigenvalue weighted by atomic mass is 9.86. The molecular weight excluding hydrogens is 294 g/mol. The summed E-state index contributed by atoms with van der Waals surface area (Å²) in [4.78, 5) is 5.58. The summed E-state index contributed by atoms with van der Waals surface area (Å²) in [6.07, 6.45) is 3.22. The van der Waals surface area contributed by atoms with E-state index < -0.39 is 0 Å². The van der Waals surface area contributed by atoms with Gasteiger partial charge in [0.05, 0.1) is 7.11 Å². The Morgan fingerprint density at radius 2 is 2.18 bits per heavy atom. The number of fused-ring (bicyclic) bond motifs is 4. The van der Waals surface area contributed by atoms with E-state index in [0.29, 0.717) is 11.8 Å². The fourth-order valence-corrected chi connectivity index (χ4v) is 4.92. The number of nitrogens with zero attached hydrogens (tertiary/aromatic N) is 1. The van der Waals surface area contributed by atoms with Crippen LogP contribution in [0.1, 0.15) is 39.4 Å². The highest BCUT2D eigenvalue weighted by molar-refractivity contribution is 7.12. The van der Waals surface area contributed by atoms with Crippen molar-refractivity contribution in [3.8, 4) is 11.5 Å². The molecule has 2 aromatic rings. The fraction of sp³-hybridized carbons (Fsp3) is 0.444. The molecule has 2 aliphatic rings. The van der Waals surface area contributed by atoms with Crippen molar-refractivity contribution in [1.82, 2.24) is 4.90 Å². The third kappa shape index (κ3) is 2.13. The quantitative estimate of drug-likeness (QED) is 0.917. The zero-order valence-electron chi connectivity index (χ0n) is 13.1. The Morgan fingerprint density at radius 1 is 1.32 bits per heavy atom. The van der Waals surface area contributed by atoms with Crippen LogP contribution in [0.2, 0.25) is 0 Å². The smallest absolute Gasteiger partial charge is 0.160 e. The molecule has 0 radical (unpaired) electrons. The van der Waals surface area contributed by atoms with E-state index in [1.165, 1.54) is 26.4 Å². The van der Waals surface area contributed by atoms with Gasteiger partial charge in [0, 0.05) is 35.3 Å². The average molecular weight is 315 g/mol. The molecule has 0 amide bonds. The van der Waals surface area contributed by atoms with E-state index >= 15 is 0 Å². The second kappa shape index (κ2) is 5.28. The van der Waals surface area contributed by atoms with Gasteiger partial charge >= 0.3 is 0 Å². The first kappa shape index (κ1) is 14.1. The summed E-state index contributed by atoms with van der Waals surface area (Å²) in [6, 6.07) is 6.72. The van der Waals surface area contributed by atoms with Gasteiger partial charge in [-0.05, 0) is 47.7 Å². The molecule has 1 aromatic carbocycles. The van der Waals surface area contributed by atoms with Crippen LogP contribution < -0.4 is 4.74 Å². The van der Waals surface area contributed by atoms with E-state index in [2.05, 4.69) is 17.9 Å². The number of phenols is 1. The van der Waals surface area contributed by atoms with Gasteiger partial charge in [-0.2, -0.15) is 0 Å². The van der Waals surface area contributed by atoms with Crippen LogP contribution in [0.25, 0.3) is 0 Å². The van der Waals surface area contributed by atoms with E-state index in [0.717, 1.165) is 32.4 Å². The molecule has 0 fully saturated rings. The third-order valence-corrected chi connectivity index (χ3v) is 6.30. The van der Waals surface area contributed by atoms with Gasteiger partial charge in [0.15, 0.2) is 11.5 Å². The van der Waals surface area contributed by atoms with Crippen molar-refractivity contribution >= 4 is 11.3 Å². The number of thiophene rings is 1. The molecule has 0 saturated carbocycles. The van der Waals surface area contributed by atoms with Crippen LogP contribution in [0, 0.1) is 0 Å². The maximum absolute atomic E-state index is 10.2. The minimum atomic E-state index is 0.259. The fourth-order valence-electron chi connectivity index (χ4n) is 3.77. The Bertz CT molecular complexity index is 722. The number of phenolic OH excluding ortho intramolecular Hbond substituents is 1. The molecule has 0 unspecified atom stereocenters. The van der Waals surface area contributed by atoms with Crippen molar-refractivity contribution in [2.75, 3.05) is 13.7 Å². The van der Waals surface area contributed by atoms with Crippen LogP contribution in [0.5, 0.6) is 11.5 Å². The van der Waals surface area contributed by atoms with Crippen LogP contribution >= 0.6 is 11.3 Å². The molecule has 22 heavy (non-hydrogen) atoms. The first-order valence-corrected chi connectivity index (χ1v) is 8.75. The molecule has 0 spiro atoms. The number of ether oxygens (including phenoxy) is 1. The first-order chi connectivity index (χ1) is 10.7. The van der Waals surface area contributed by atoms with Crippen LogP contribution in [-0.4, -0.2) is 23.7 Å². The van der Waals surface area contributed by atoms with E-state index in [1.807, 2.05) is 23.5 Å². The minimum Gasteiger partial charge on any atom is -0.504 e. The molecule has 3 heterocycles. The van der Waals surface area contributed by atoms with Gasteiger partial charge in [0.2, 0.25) is 0 Å². The number of aromatic hydroxyl groups is 1. The van der Waals surface area contributed by atoms with Gasteiger partial charge < -0.3 is 9.84 Å². The molecule has 116 valence electrons. The number of aryl methyl sites for hydroxylation is 1. The van der Waals surface area contributed by atoms with Crippen LogP contribution in [-0.2, 0) is 25.8 Å². The number of rotatable bonds is 2. The van der Waals surface area contributed by atoms with Crippen molar-refractivity contribution in [2.45, 2.75) is 38.8 Å². The van der Waals surface area contributed by atoms with Gasteiger partial charge in [0.1, 0.15) is 0 Å². The molecule has 4 rings (SSSR count). The SMILES string of the molecule is CCc1cc2c(s1)C[C@H]1c3cc(O)c(OC)cc3CCN1C2. The second-order valence-corrected chi connectivity index (χ2v) is 7.40. The topological polar surface area (TPSA) is 32.7 Å². The minimum absolute atomic E-state index is 0.259. The van der Waals surface area contributed by atoms with Crippen molar-refractivity contribution in [1.29, 1.82) is 0 Å². The Balaban J connectivity index is 1.74. The van der Waals surface area contributed by atoms with Crippen LogP contribution in [0.4, 0.5) is 0 Å². The van der Waals surface area contributed by atoms with Gasteiger partial charge in [-0.3, -0.25) is 4.90 Å². The van der Waals surface area contributed by atoms with E-state index in [-0.39, 0.29) is 5.75 Å². The van der Waals surface area contributed by atoms with Gasteiger partial charge in [-0.1, -0.05) is 6.92 Å². The average Bonchev–Trinajstić information content (AvgIpc) is 2.94. The Hall–Kier alpha value is -1.52. The van der Waals surface area contributed by atoms with Gasteiger partial charge in [-0.25, -0.2) is 0 Å². The first-order valence-electron chi connectivity index (χ1n) is 7.94. The van der Waals surface area contributed by atoms with Crippen molar-refractivity contribution < 1.29 is 9.84 Å². The zero-order chi connectivity index (χ0) is 15.3. The van der Waals surface area contributed by atoms with Crippen molar-refractivity contribution in [3.05, 3.63) is 44.6 Å². The summed E-state index contributed by atoms with van der Waals surface area (Å²) in [7, 11) is 1.61. The molecule has 1 atom stereocenters. The summed E-state index contributed by atoms with van der Waals surface area (Å²) in [5, 5.41) is 10.2. The molecule has 0 bridgehead atoms. The third-order valence-electron chi connectivity index (χ3n) is 4.96. The van der Waals surface area contributed by atoms with Crippen LogP contribution in [0.15, 0.2) is 18.2 Å². The van der Waals surface area contributed by atoms with Crippen molar-refractivity contribution in [2.24, 2.45) is 0 Å². The summed E-state index contributed by atoms with van der Waals surface area (Å²) < 4.78 is 5.26. The lowest BCUT2D eigenvalue weighted by Crippen LogP contribution is -2.38. The van der Waals surface area contributed by atoms with Crippen molar-refractivity contribution in [3.63, 3.8) is 0 Å². The largest absolute Gasteiger partial charge is 0.504 e. The van der Waals surface area contributed by atoms with Gasteiger partial charge in [0.25, 0.3) is 0 Å². The Kier molecular flexibility index (Phi) is 3.39. The number of hydrogen-bond donors (Lipinski definition) is 1. The maximum atomic E-state index is 10.2. The molecule has 4 heteroatoms. The predicted octanol–water partition coefficient (Wildman–Crippen LogP) is 3.68. The highest BCUT2D eigenvalue weighted by Gasteiger charge is 2.33. The summed E-state index contributed by atoms with van der Waals surface area (Å²) in [5.41, 5.74) is 4.12. The second-order valence-electron chi connectivity index (χ2n) is 6.18. The lowest BCUT2D eigenvalue weighted by Gasteiger charge is -2.40. The van der Waals surface area contributed by atoms with Crippen LogP contribution in [0.3, 0.4) is 0 Å². The Labute approximate surface area is 135 Å². The number of methoxy groups -OCH3 is 1. The molecule has 1 N–H and O–H groups in total. The van der Waals surface area contributed by atoms with E-state index in [4.69, 9.17) is 4.74 Å². The molecule has 0 saturated heterocycles. The number of hydrogen-bond acceptors (Lipinski definition) is 4. The predicted molar refractivity (Wildman–Crippen MR) is 88.9 cm³/mol. The standard InChI is InChI=1S/C18H21NO2S/c1-3-13-6-12-10-19-5-4-11-7-17(21-2)16(20)8-14(11)15(19)9-18(12)22-13/h6-8,15,20H,3-5,9-10H2,1-2H3/t15-/m0/s1. The summed E-state index contributed by atoms with van der Waals surface area (Å²) in [5.74, 6) is 0.849. The Morgan fingerprint density at radius 3 is 2.95 bits per heavy atom. The maximum Gasteiger partial charge on any atom is 0.160 e. The summed E-state index contributed by atoms with van der Waals surface area (Å²) in [6.45, 7) is 4.36. The number of benzene rings is 1. The zero-order valence-corrected chi connectivity index (χ0v) is 13.9. The highest BCUT2D eigenvalue weighted by Crippen LogP contribution is 2.43. The molecular formula is C18H21NO2S. The normalized spacial score (nSPS) is 20.2. The van der Waals surface area contributed by atoms with E-state index in [1.54, 1.807) is 7.11 Å². The monoisotopic (exact) mass is 315 g/mol. The highest BCUT2D eigenvalue weighted by atomic mass is 32.1. The lowest BCUT2D eigenvalue weighted by molar-refractivity contribution is 0.162. The van der Waals surface area contributed by atoms with Gasteiger partial charge in [-0.15, -0.1) is 11.3 Å². The molecule has 1 aromatic heterocycles.